The van der Waals surface area contributed by atoms with E-state index in [0.717, 1.165) is 5.56 Å². The summed E-state index contributed by atoms with van der Waals surface area (Å²) in [5.41, 5.74) is -0.192. The van der Waals surface area contributed by atoms with Gasteiger partial charge in [0.2, 0.25) is 0 Å². The molecular formula is C15H21NO4. The summed E-state index contributed by atoms with van der Waals surface area (Å²) in [6.07, 6.45) is 1.21. The molecular weight excluding hydrogens is 258 g/mol. The minimum Gasteiger partial charge on any atom is -0.484 e. The minimum atomic E-state index is -1.17. The van der Waals surface area contributed by atoms with Crippen LogP contribution in [0.3, 0.4) is 0 Å². The van der Waals surface area contributed by atoms with Crippen LogP contribution in [0.15, 0.2) is 24.3 Å². The van der Waals surface area contributed by atoms with E-state index < -0.39 is 5.60 Å². The molecule has 0 saturated carbocycles. The number of carbonyl (C=O) groups is 1. The maximum absolute atomic E-state index is 12.1. The molecule has 1 atom stereocenters. The number of carbonyl (C=O) groups excluding carboxylic acids is 1. The lowest BCUT2D eigenvalue weighted by Gasteiger charge is -2.37. The Morgan fingerprint density at radius 3 is 2.90 bits per heavy atom. The van der Waals surface area contributed by atoms with Crippen LogP contribution in [-0.4, -0.2) is 52.9 Å². The van der Waals surface area contributed by atoms with Gasteiger partial charge in [-0.1, -0.05) is 18.2 Å². The third-order valence-electron chi connectivity index (χ3n) is 3.65. The number of aliphatic hydroxyl groups is 2. The monoisotopic (exact) mass is 279 g/mol. The molecule has 0 radical (unpaired) electrons. The fourth-order valence-electron chi connectivity index (χ4n) is 2.40. The predicted molar refractivity (Wildman–Crippen MR) is 74.5 cm³/mol. The van der Waals surface area contributed by atoms with Crippen molar-refractivity contribution >= 4 is 5.91 Å². The number of hydrogen-bond donors (Lipinski definition) is 2. The first-order valence-corrected chi connectivity index (χ1v) is 6.83. The molecule has 110 valence electrons. The van der Waals surface area contributed by atoms with Gasteiger partial charge in [-0.2, -0.15) is 0 Å². The molecule has 0 spiro atoms. The number of likely N-dealkylation sites (tertiary alicyclic amines) is 1. The summed E-state index contributed by atoms with van der Waals surface area (Å²) < 4.78 is 5.52. The molecule has 1 aliphatic rings. The summed E-state index contributed by atoms with van der Waals surface area (Å²) >= 11 is 0. The lowest BCUT2D eigenvalue weighted by atomic mass is 9.94. The van der Waals surface area contributed by atoms with Crippen molar-refractivity contribution in [3.05, 3.63) is 29.8 Å². The largest absolute Gasteiger partial charge is 0.484 e. The maximum atomic E-state index is 12.1. The molecule has 0 bridgehead atoms. The van der Waals surface area contributed by atoms with Gasteiger partial charge in [0.1, 0.15) is 11.4 Å². The van der Waals surface area contributed by atoms with Crippen LogP contribution in [0.1, 0.15) is 18.4 Å². The van der Waals surface area contributed by atoms with Crippen molar-refractivity contribution in [1.29, 1.82) is 0 Å². The number of aryl methyl sites for hydroxylation is 1. The van der Waals surface area contributed by atoms with E-state index in [0.29, 0.717) is 25.1 Å². The van der Waals surface area contributed by atoms with E-state index >= 15 is 0 Å². The van der Waals surface area contributed by atoms with Crippen LogP contribution < -0.4 is 4.74 Å². The fourth-order valence-corrected chi connectivity index (χ4v) is 2.40. The summed E-state index contributed by atoms with van der Waals surface area (Å²) in [5, 5.41) is 19.2. The zero-order valence-corrected chi connectivity index (χ0v) is 11.7. The van der Waals surface area contributed by atoms with Crippen LogP contribution in [0.4, 0.5) is 0 Å². The lowest BCUT2D eigenvalue weighted by molar-refractivity contribution is -0.142. The van der Waals surface area contributed by atoms with Gasteiger partial charge in [0, 0.05) is 6.54 Å². The average molecular weight is 279 g/mol. The van der Waals surface area contributed by atoms with Crippen molar-refractivity contribution in [2.75, 3.05) is 26.3 Å². The standard InChI is InChI=1S/C15H21NO4/c1-12-5-2-3-6-13(12)20-9-14(18)16-8-4-7-15(19,10-16)11-17/h2-3,5-6,17,19H,4,7-11H2,1H3. The van der Waals surface area contributed by atoms with E-state index in [9.17, 15) is 15.0 Å². The number of rotatable bonds is 4. The van der Waals surface area contributed by atoms with Crippen molar-refractivity contribution in [2.45, 2.75) is 25.4 Å². The van der Waals surface area contributed by atoms with Gasteiger partial charge in [0.15, 0.2) is 6.61 Å². The number of piperidine rings is 1. The second-order valence-electron chi connectivity index (χ2n) is 5.36. The molecule has 0 aromatic heterocycles. The minimum absolute atomic E-state index is 0.0492. The van der Waals surface area contributed by atoms with Crippen LogP contribution in [0.5, 0.6) is 5.75 Å². The number of benzene rings is 1. The molecule has 1 aromatic carbocycles. The van der Waals surface area contributed by atoms with E-state index in [1.54, 1.807) is 4.90 Å². The molecule has 1 heterocycles. The van der Waals surface area contributed by atoms with E-state index in [-0.39, 0.29) is 25.7 Å². The van der Waals surface area contributed by atoms with Crippen LogP contribution in [0.25, 0.3) is 0 Å². The van der Waals surface area contributed by atoms with Gasteiger partial charge in [-0.05, 0) is 31.4 Å². The highest BCUT2D eigenvalue weighted by molar-refractivity contribution is 5.78. The van der Waals surface area contributed by atoms with Gasteiger partial charge in [-0.25, -0.2) is 0 Å². The van der Waals surface area contributed by atoms with Crippen molar-refractivity contribution in [3.8, 4) is 5.75 Å². The van der Waals surface area contributed by atoms with Gasteiger partial charge in [-0.3, -0.25) is 4.79 Å². The van der Waals surface area contributed by atoms with Gasteiger partial charge in [0.25, 0.3) is 5.91 Å². The number of aliphatic hydroxyl groups excluding tert-OH is 1. The number of β-amino-alcohol motifs (C(OH)–C–C–N with tert-alkyl or cyclic N) is 1. The van der Waals surface area contributed by atoms with Crippen molar-refractivity contribution in [2.24, 2.45) is 0 Å². The lowest BCUT2D eigenvalue weighted by Crippen LogP contribution is -2.53. The Labute approximate surface area is 118 Å². The second kappa shape index (κ2) is 6.24. The van der Waals surface area contributed by atoms with E-state index in [1.165, 1.54) is 0 Å². The summed E-state index contributed by atoms with van der Waals surface area (Å²) in [5.74, 6) is 0.523. The van der Waals surface area contributed by atoms with Gasteiger partial charge in [0.05, 0.1) is 13.2 Å². The number of para-hydroxylation sites is 1. The van der Waals surface area contributed by atoms with E-state index in [4.69, 9.17) is 4.74 Å². The van der Waals surface area contributed by atoms with Gasteiger partial charge < -0.3 is 19.8 Å². The number of amides is 1. The Kier molecular flexibility index (Phi) is 4.62. The molecule has 0 aliphatic carbocycles. The van der Waals surface area contributed by atoms with Crippen LogP contribution in [0.2, 0.25) is 0 Å². The maximum Gasteiger partial charge on any atom is 0.260 e. The molecule has 20 heavy (non-hydrogen) atoms. The van der Waals surface area contributed by atoms with Gasteiger partial charge >= 0.3 is 0 Å². The molecule has 1 saturated heterocycles. The normalized spacial score (nSPS) is 22.6. The van der Waals surface area contributed by atoms with E-state index in [1.807, 2.05) is 31.2 Å². The Morgan fingerprint density at radius 1 is 1.45 bits per heavy atom. The Balaban J connectivity index is 1.90. The first-order valence-electron chi connectivity index (χ1n) is 6.83. The molecule has 5 heteroatoms. The summed E-state index contributed by atoms with van der Waals surface area (Å²) in [6.45, 7) is 2.31. The first-order chi connectivity index (χ1) is 9.54. The molecule has 2 rings (SSSR count). The highest BCUT2D eigenvalue weighted by Crippen LogP contribution is 2.21. The highest BCUT2D eigenvalue weighted by atomic mass is 16.5. The average Bonchev–Trinajstić information content (AvgIpc) is 2.46. The predicted octanol–water partition coefficient (Wildman–Crippen LogP) is 0.720. The summed E-state index contributed by atoms with van der Waals surface area (Å²) in [7, 11) is 0. The molecule has 5 nitrogen and oxygen atoms in total. The van der Waals surface area contributed by atoms with Crippen molar-refractivity contribution < 1.29 is 19.7 Å². The van der Waals surface area contributed by atoms with Crippen molar-refractivity contribution in [3.63, 3.8) is 0 Å². The third kappa shape index (κ3) is 3.49. The molecule has 1 aromatic rings. The molecule has 1 aliphatic heterocycles. The smallest absolute Gasteiger partial charge is 0.260 e. The number of ether oxygens (including phenoxy) is 1. The molecule has 1 unspecified atom stereocenters. The second-order valence-corrected chi connectivity index (χ2v) is 5.36. The van der Waals surface area contributed by atoms with E-state index in [2.05, 4.69) is 0 Å². The topological polar surface area (TPSA) is 70.0 Å². The molecule has 1 amide bonds. The third-order valence-corrected chi connectivity index (χ3v) is 3.65. The van der Waals surface area contributed by atoms with Crippen LogP contribution in [-0.2, 0) is 4.79 Å². The first kappa shape index (κ1) is 14.8. The van der Waals surface area contributed by atoms with Gasteiger partial charge in [-0.15, -0.1) is 0 Å². The fraction of sp³-hybridized carbons (Fsp3) is 0.533. The molecule has 1 fully saturated rings. The quantitative estimate of drug-likeness (QED) is 0.852. The van der Waals surface area contributed by atoms with Crippen molar-refractivity contribution in [1.82, 2.24) is 4.90 Å². The highest BCUT2D eigenvalue weighted by Gasteiger charge is 2.34. The number of hydrogen-bond acceptors (Lipinski definition) is 4. The Morgan fingerprint density at radius 2 is 2.20 bits per heavy atom. The summed E-state index contributed by atoms with van der Waals surface area (Å²) in [4.78, 5) is 13.6. The van der Waals surface area contributed by atoms with Crippen LogP contribution in [0, 0.1) is 6.92 Å². The van der Waals surface area contributed by atoms with Crippen LogP contribution >= 0.6 is 0 Å². The zero-order chi connectivity index (χ0) is 14.6. The number of nitrogens with zero attached hydrogens (tertiary/aromatic N) is 1. The SMILES string of the molecule is Cc1ccccc1OCC(=O)N1CCCC(O)(CO)C1. The zero-order valence-electron chi connectivity index (χ0n) is 11.7. The Bertz CT molecular complexity index is 477. The molecule has 2 N–H and O–H groups in total. The Hall–Kier alpha value is -1.59. The summed E-state index contributed by atoms with van der Waals surface area (Å²) in [6, 6.07) is 7.52.